The van der Waals surface area contributed by atoms with Crippen LogP contribution in [0.15, 0.2) is 30.3 Å². The van der Waals surface area contributed by atoms with Gasteiger partial charge in [0, 0.05) is 20.2 Å². The third-order valence-electron chi connectivity index (χ3n) is 5.23. The lowest BCUT2D eigenvalue weighted by molar-refractivity contribution is 0.0565. The van der Waals surface area contributed by atoms with Crippen LogP contribution in [0.3, 0.4) is 0 Å². The average Bonchev–Trinajstić information content (AvgIpc) is 3.27. The predicted molar refractivity (Wildman–Crippen MR) is 103 cm³/mol. The zero-order valence-corrected chi connectivity index (χ0v) is 15.8. The van der Waals surface area contributed by atoms with Gasteiger partial charge in [-0.15, -0.1) is 0 Å². The van der Waals surface area contributed by atoms with Crippen molar-refractivity contribution in [3.63, 3.8) is 0 Å². The van der Waals surface area contributed by atoms with Crippen molar-refractivity contribution in [1.82, 2.24) is 24.6 Å². The molecule has 0 radical (unpaired) electrons. The second-order valence-electron chi connectivity index (χ2n) is 7.23. The van der Waals surface area contributed by atoms with E-state index in [1.165, 1.54) is 0 Å². The van der Waals surface area contributed by atoms with Gasteiger partial charge in [0.15, 0.2) is 0 Å². The first-order chi connectivity index (χ1) is 13.2. The summed E-state index contributed by atoms with van der Waals surface area (Å²) >= 11 is 0. The minimum absolute atomic E-state index is 0.00878. The molecule has 1 amide bonds. The molecule has 0 bridgehead atoms. The number of fused-ring (bicyclic) bond motifs is 1. The number of ether oxygens (including phenoxy) is 1. The Bertz CT molecular complexity index is 943. The number of H-pyrrole nitrogens is 1. The molecule has 7 heteroatoms. The van der Waals surface area contributed by atoms with Crippen molar-refractivity contribution >= 4 is 16.9 Å². The van der Waals surface area contributed by atoms with E-state index in [1.54, 1.807) is 7.11 Å². The zero-order valence-electron chi connectivity index (χ0n) is 15.8. The van der Waals surface area contributed by atoms with Gasteiger partial charge >= 0.3 is 0 Å². The molecule has 7 nitrogen and oxygen atoms in total. The number of likely N-dealkylation sites (tertiary alicyclic amines) is 1. The van der Waals surface area contributed by atoms with Gasteiger partial charge in [-0.25, -0.2) is 4.98 Å². The smallest absolute Gasteiger partial charge is 0.274 e. The molecule has 0 saturated carbocycles. The summed E-state index contributed by atoms with van der Waals surface area (Å²) in [6.07, 6.45) is 2.12. The maximum absolute atomic E-state index is 12.8. The number of amides is 1. The Morgan fingerprint density at radius 2 is 2.22 bits per heavy atom. The van der Waals surface area contributed by atoms with Crippen molar-refractivity contribution in [2.45, 2.75) is 26.3 Å². The van der Waals surface area contributed by atoms with Crippen LogP contribution in [0.2, 0.25) is 0 Å². The number of hydrogen-bond donors (Lipinski definition) is 1. The van der Waals surface area contributed by atoms with Crippen LogP contribution in [-0.4, -0.2) is 57.4 Å². The number of nitrogens with zero attached hydrogens (tertiary/aromatic N) is 4. The Morgan fingerprint density at radius 1 is 1.37 bits per heavy atom. The van der Waals surface area contributed by atoms with E-state index >= 15 is 0 Å². The first-order valence-corrected chi connectivity index (χ1v) is 9.40. The number of nitrogens with one attached hydrogen (secondary N) is 1. The van der Waals surface area contributed by atoms with Crippen LogP contribution in [-0.2, 0) is 11.3 Å². The van der Waals surface area contributed by atoms with E-state index < -0.39 is 0 Å². The number of aromatic nitrogens is 4. The number of benzene rings is 1. The topological polar surface area (TPSA) is 76.0 Å². The molecule has 1 N–H and O–H groups in total. The standard InChI is InChI=1S/C20H25N5O2/c1-14-21-17-7-3-4-8-19(17)25(14)12-16-10-18(23-22-16)20(26)24-9-5-6-15(11-24)13-27-2/h3-4,7-8,10,15H,5-6,9,11-13H2,1-2H3,(H,22,23)/t15-/m0/s1. The van der Waals surface area contributed by atoms with Gasteiger partial charge in [0.05, 0.1) is 29.9 Å². The lowest BCUT2D eigenvalue weighted by atomic mass is 9.99. The highest BCUT2D eigenvalue weighted by Crippen LogP contribution is 2.20. The minimum Gasteiger partial charge on any atom is -0.384 e. The molecule has 1 aliphatic rings. The summed E-state index contributed by atoms with van der Waals surface area (Å²) in [5.41, 5.74) is 3.43. The molecule has 1 saturated heterocycles. The fourth-order valence-corrected chi connectivity index (χ4v) is 3.90. The van der Waals surface area contributed by atoms with Crippen molar-refractivity contribution in [2.75, 3.05) is 26.8 Å². The Kier molecular flexibility index (Phi) is 4.94. The van der Waals surface area contributed by atoms with E-state index in [4.69, 9.17) is 4.74 Å². The van der Waals surface area contributed by atoms with Gasteiger partial charge < -0.3 is 14.2 Å². The Balaban J connectivity index is 1.50. The summed E-state index contributed by atoms with van der Waals surface area (Å²) in [5, 5.41) is 7.29. The maximum Gasteiger partial charge on any atom is 0.274 e. The highest BCUT2D eigenvalue weighted by atomic mass is 16.5. The molecule has 3 aromatic rings. The van der Waals surface area contributed by atoms with Gasteiger partial charge in [0.25, 0.3) is 5.91 Å². The molecule has 27 heavy (non-hydrogen) atoms. The van der Waals surface area contributed by atoms with E-state index in [2.05, 4.69) is 25.8 Å². The van der Waals surface area contributed by atoms with Crippen LogP contribution in [0, 0.1) is 12.8 Å². The molecule has 4 rings (SSSR count). The number of methoxy groups -OCH3 is 1. The van der Waals surface area contributed by atoms with Gasteiger partial charge in [-0.3, -0.25) is 9.89 Å². The number of piperidine rings is 1. The van der Waals surface area contributed by atoms with Gasteiger partial charge in [-0.1, -0.05) is 12.1 Å². The molecule has 2 aromatic heterocycles. The summed E-state index contributed by atoms with van der Waals surface area (Å²) in [5.74, 6) is 1.34. The Hall–Kier alpha value is -2.67. The molecule has 0 aliphatic carbocycles. The Labute approximate surface area is 158 Å². The number of aryl methyl sites for hydroxylation is 1. The molecule has 142 valence electrons. The number of carbonyl (C=O) groups is 1. The zero-order chi connectivity index (χ0) is 18.8. The van der Waals surface area contributed by atoms with Crippen LogP contribution < -0.4 is 0 Å². The quantitative estimate of drug-likeness (QED) is 0.752. The van der Waals surface area contributed by atoms with Crippen LogP contribution >= 0.6 is 0 Å². The summed E-state index contributed by atoms with van der Waals surface area (Å²) in [4.78, 5) is 19.3. The van der Waals surface area contributed by atoms with Gasteiger partial charge in [-0.05, 0) is 43.9 Å². The number of carbonyl (C=O) groups excluding carboxylic acids is 1. The van der Waals surface area contributed by atoms with Crippen molar-refractivity contribution in [3.8, 4) is 0 Å². The molecular formula is C20H25N5O2. The monoisotopic (exact) mass is 367 g/mol. The highest BCUT2D eigenvalue weighted by molar-refractivity contribution is 5.92. The number of para-hydroxylation sites is 2. The maximum atomic E-state index is 12.8. The number of aromatic amines is 1. The third-order valence-corrected chi connectivity index (χ3v) is 5.23. The van der Waals surface area contributed by atoms with Crippen LogP contribution in [0.1, 0.15) is 34.8 Å². The number of hydrogen-bond acceptors (Lipinski definition) is 4. The van der Waals surface area contributed by atoms with Gasteiger partial charge in [0.1, 0.15) is 11.5 Å². The van der Waals surface area contributed by atoms with Crippen LogP contribution in [0.25, 0.3) is 11.0 Å². The molecule has 0 unspecified atom stereocenters. The lowest BCUT2D eigenvalue weighted by Gasteiger charge is -2.31. The van der Waals surface area contributed by atoms with Gasteiger partial charge in [-0.2, -0.15) is 5.10 Å². The number of imidazole rings is 1. The van der Waals surface area contributed by atoms with Crippen molar-refractivity contribution in [3.05, 3.63) is 47.5 Å². The lowest BCUT2D eigenvalue weighted by Crippen LogP contribution is -2.41. The molecule has 1 fully saturated rings. The summed E-state index contributed by atoms with van der Waals surface area (Å²) in [7, 11) is 1.71. The highest BCUT2D eigenvalue weighted by Gasteiger charge is 2.26. The molecule has 1 aliphatic heterocycles. The largest absolute Gasteiger partial charge is 0.384 e. The first-order valence-electron chi connectivity index (χ1n) is 9.40. The first kappa shape index (κ1) is 17.7. The van der Waals surface area contributed by atoms with Crippen LogP contribution in [0.4, 0.5) is 0 Å². The second kappa shape index (κ2) is 7.52. The predicted octanol–water partition coefficient (Wildman–Crippen LogP) is 2.61. The molecular weight excluding hydrogens is 342 g/mol. The molecule has 1 atom stereocenters. The fraction of sp³-hybridized carbons (Fsp3) is 0.450. The van der Waals surface area contributed by atoms with E-state index in [9.17, 15) is 4.79 Å². The average molecular weight is 367 g/mol. The van der Waals surface area contributed by atoms with Crippen LogP contribution in [0.5, 0.6) is 0 Å². The van der Waals surface area contributed by atoms with E-state index in [-0.39, 0.29) is 5.91 Å². The normalized spacial score (nSPS) is 17.6. The Morgan fingerprint density at radius 3 is 3.07 bits per heavy atom. The van der Waals surface area contributed by atoms with Crippen molar-refractivity contribution in [2.24, 2.45) is 5.92 Å². The van der Waals surface area contributed by atoms with Gasteiger partial charge in [0.2, 0.25) is 0 Å². The van der Waals surface area contributed by atoms with E-state index in [0.717, 1.165) is 48.5 Å². The van der Waals surface area contributed by atoms with Crippen molar-refractivity contribution < 1.29 is 9.53 Å². The van der Waals surface area contributed by atoms with E-state index in [0.29, 0.717) is 24.8 Å². The second-order valence-corrected chi connectivity index (χ2v) is 7.23. The SMILES string of the molecule is COC[C@H]1CCCN(C(=O)c2cc(Cn3c(C)nc4ccccc43)[nH]n2)C1. The number of rotatable bonds is 5. The molecule has 3 heterocycles. The summed E-state index contributed by atoms with van der Waals surface area (Å²) in [6.45, 7) is 4.82. The summed E-state index contributed by atoms with van der Waals surface area (Å²) in [6, 6.07) is 9.92. The summed E-state index contributed by atoms with van der Waals surface area (Å²) < 4.78 is 7.39. The molecule has 0 spiro atoms. The minimum atomic E-state index is -0.00878. The van der Waals surface area contributed by atoms with Crippen molar-refractivity contribution in [1.29, 1.82) is 0 Å². The third kappa shape index (κ3) is 3.60. The van der Waals surface area contributed by atoms with E-state index in [1.807, 2.05) is 36.1 Å². The molecule has 1 aromatic carbocycles. The fourth-order valence-electron chi connectivity index (χ4n) is 3.90.